The molecule has 0 bridgehead atoms. The zero-order valence-corrected chi connectivity index (χ0v) is 16.0. The van der Waals surface area contributed by atoms with Gasteiger partial charge in [-0.05, 0) is 60.5 Å². The summed E-state index contributed by atoms with van der Waals surface area (Å²) < 4.78 is 0. The third-order valence-electron chi connectivity index (χ3n) is 4.05. The number of halogens is 1. The summed E-state index contributed by atoms with van der Waals surface area (Å²) in [6.07, 6.45) is 11.6. The molecule has 0 aliphatic heterocycles. The molecule has 0 saturated heterocycles. The van der Waals surface area contributed by atoms with Crippen molar-refractivity contribution in [2.45, 2.75) is 46.5 Å². The Balaban J connectivity index is 3.07. The molecular formula is C23H29Cl. The van der Waals surface area contributed by atoms with E-state index < -0.39 is 0 Å². The molecule has 1 aromatic rings. The molecule has 1 aromatic carbocycles. The van der Waals surface area contributed by atoms with Gasteiger partial charge in [-0.3, -0.25) is 0 Å². The van der Waals surface area contributed by atoms with Crippen molar-refractivity contribution in [1.29, 1.82) is 0 Å². The van der Waals surface area contributed by atoms with Crippen molar-refractivity contribution in [2.75, 3.05) is 0 Å². The fourth-order valence-corrected chi connectivity index (χ4v) is 3.06. The Morgan fingerprint density at radius 1 is 1.08 bits per heavy atom. The summed E-state index contributed by atoms with van der Waals surface area (Å²) in [5.41, 5.74) is 5.98. The van der Waals surface area contributed by atoms with E-state index in [4.69, 9.17) is 11.6 Å². The predicted octanol–water partition coefficient (Wildman–Crippen LogP) is 7.33. The van der Waals surface area contributed by atoms with Crippen molar-refractivity contribution >= 4 is 11.6 Å². The van der Waals surface area contributed by atoms with E-state index in [9.17, 15) is 0 Å². The third kappa shape index (κ3) is 6.02. The highest BCUT2D eigenvalue weighted by Crippen LogP contribution is 2.29. The lowest BCUT2D eigenvalue weighted by Crippen LogP contribution is -1.96. The van der Waals surface area contributed by atoms with Gasteiger partial charge >= 0.3 is 0 Å². The van der Waals surface area contributed by atoms with Crippen LogP contribution in [0.5, 0.6) is 0 Å². The molecule has 128 valence electrons. The van der Waals surface area contributed by atoms with E-state index in [-0.39, 0.29) is 0 Å². The smallest absolute Gasteiger partial charge is 0.0265 e. The second kappa shape index (κ2) is 10.9. The molecule has 24 heavy (non-hydrogen) atoms. The lowest BCUT2D eigenvalue weighted by Gasteiger charge is -2.13. The topological polar surface area (TPSA) is 0 Å². The maximum absolute atomic E-state index is 6.71. The fourth-order valence-electron chi connectivity index (χ4n) is 2.71. The van der Waals surface area contributed by atoms with E-state index in [0.29, 0.717) is 0 Å². The van der Waals surface area contributed by atoms with Gasteiger partial charge in [0.1, 0.15) is 0 Å². The van der Waals surface area contributed by atoms with Gasteiger partial charge in [0, 0.05) is 5.03 Å². The van der Waals surface area contributed by atoms with Gasteiger partial charge in [0.2, 0.25) is 0 Å². The molecule has 0 unspecified atom stereocenters. The van der Waals surface area contributed by atoms with Crippen molar-refractivity contribution < 1.29 is 0 Å². The summed E-state index contributed by atoms with van der Waals surface area (Å²) in [6.45, 7) is 14.1. The summed E-state index contributed by atoms with van der Waals surface area (Å²) in [4.78, 5) is 0. The lowest BCUT2D eigenvalue weighted by atomic mass is 9.95. The van der Waals surface area contributed by atoms with Crippen LogP contribution in [-0.4, -0.2) is 0 Å². The van der Waals surface area contributed by atoms with Gasteiger partial charge in [-0.15, -0.1) is 0 Å². The Morgan fingerprint density at radius 2 is 1.71 bits per heavy atom. The minimum Gasteiger partial charge on any atom is -0.0990 e. The highest BCUT2D eigenvalue weighted by molar-refractivity contribution is 6.30. The maximum Gasteiger partial charge on any atom is 0.0265 e. The van der Waals surface area contributed by atoms with Gasteiger partial charge in [-0.25, -0.2) is 0 Å². The molecule has 0 amide bonds. The average Bonchev–Trinajstić information content (AvgIpc) is 2.60. The third-order valence-corrected chi connectivity index (χ3v) is 4.42. The normalized spacial score (nSPS) is 13.5. The summed E-state index contributed by atoms with van der Waals surface area (Å²) in [7, 11) is 0. The van der Waals surface area contributed by atoms with Crippen molar-refractivity contribution in [3.05, 3.63) is 94.6 Å². The number of hydrogen-bond acceptors (Lipinski definition) is 0. The Bertz CT molecular complexity index is 639. The van der Waals surface area contributed by atoms with Crippen LogP contribution in [0, 0.1) is 0 Å². The molecule has 0 N–H and O–H groups in total. The summed E-state index contributed by atoms with van der Waals surface area (Å²) in [5, 5.41) is 0.879. The Labute approximate surface area is 152 Å². The van der Waals surface area contributed by atoms with Gasteiger partial charge in [0.05, 0.1) is 0 Å². The fraction of sp³-hybridized carbons (Fsp3) is 0.304. The molecule has 0 nitrogen and oxygen atoms in total. The van der Waals surface area contributed by atoms with Crippen LogP contribution >= 0.6 is 11.6 Å². The van der Waals surface area contributed by atoms with Gasteiger partial charge in [-0.2, -0.15) is 0 Å². The highest BCUT2D eigenvalue weighted by Gasteiger charge is 2.10. The van der Waals surface area contributed by atoms with Crippen LogP contribution in [0.3, 0.4) is 0 Å². The van der Waals surface area contributed by atoms with E-state index in [1.165, 1.54) is 16.7 Å². The maximum atomic E-state index is 6.71. The van der Waals surface area contributed by atoms with E-state index in [2.05, 4.69) is 64.3 Å². The van der Waals surface area contributed by atoms with Crippen LogP contribution in [0.1, 0.15) is 44.7 Å². The molecule has 1 rings (SSSR count). The van der Waals surface area contributed by atoms with Crippen LogP contribution in [-0.2, 0) is 12.8 Å². The average molecular weight is 341 g/mol. The molecule has 1 heteroatoms. The second-order valence-corrected chi connectivity index (χ2v) is 6.26. The molecule has 0 aromatic heterocycles. The number of allylic oxidation sites excluding steroid dienone is 8. The molecule has 0 aliphatic rings. The molecule has 0 fully saturated rings. The SMILES string of the molecule is C=C\C=C(C=C)/C(C(/C)=C\CC)=C(\Cl)CCc1ccc(CC)cc1. The van der Waals surface area contributed by atoms with Gasteiger partial charge in [0.25, 0.3) is 0 Å². The predicted molar refractivity (Wildman–Crippen MR) is 110 cm³/mol. The largest absolute Gasteiger partial charge is 0.0990 e. The number of hydrogen-bond donors (Lipinski definition) is 0. The van der Waals surface area contributed by atoms with Crippen LogP contribution in [0.25, 0.3) is 0 Å². The van der Waals surface area contributed by atoms with Crippen LogP contribution in [0.4, 0.5) is 0 Å². The van der Waals surface area contributed by atoms with Crippen molar-refractivity contribution in [1.82, 2.24) is 0 Å². The zero-order chi connectivity index (χ0) is 17.9. The van der Waals surface area contributed by atoms with Crippen LogP contribution in [0.15, 0.2) is 83.5 Å². The van der Waals surface area contributed by atoms with Gasteiger partial charge in [-0.1, -0.05) is 87.2 Å². The first kappa shape index (κ1) is 20.3. The second-order valence-electron chi connectivity index (χ2n) is 5.81. The van der Waals surface area contributed by atoms with E-state index in [1.807, 2.05) is 12.2 Å². The lowest BCUT2D eigenvalue weighted by molar-refractivity contribution is 0.971. The van der Waals surface area contributed by atoms with Crippen molar-refractivity contribution in [3.8, 4) is 0 Å². The number of benzene rings is 1. The Hall–Kier alpha value is -1.79. The quantitative estimate of drug-likeness (QED) is 0.413. The van der Waals surface area contributed by atoms with E-state index in [0.717, 1.165) is 41.9 Å². The summed E-state index contributed by atoms with van der Waals surface area (Å²) in [6, 6.07) is 8.79. The van der Waals surface area contributed by atoms with E-state index >= 15 is 0 Å². The first-order valence-corrected chi connectivity index (χ1v) is 9.04. The van der Waals surface area contributed by atoms with Crippen LogP contribution in [0.2, 0.25) is 0 Å². The minimum absolute atomic E-state index is 0.819. The molecular weight excluding hydrogens is 312 g/mol. The van der Waals surface area contributed by atoms with Crippen LogP contribution < -0.4 is 0 Å². The Kier molecular flexibility index (Phi) is 9.19. The standard InChI is InChI=1S/C23H29Cl/c1-6-10-18(5)23(21(9-4)11-7-2)22(24)17-16-20-14-12-19(8-3)13-15-20/h7,9-15H,2,4,6,8,16-17H2,1,3,5H3/b18-10-,21-11-,23-22-. The monoisotopic (exact) mass is 340 g/mol. The Morgan fingerprint density at radius 3 is 2.21 bits per heavy atom. The van der Waals surface area contributed by atoms with Crippen molar-refractivity contribution in [3.63, 3.8) is 0 Å². The summed E-state index contributed by atoms with van der Waals surface area (Å²) >= 11 is 6.71. The van der Waals surface area contributed by atoms with E-state index in [1.54, 1.807) is 6.08 Å². The molecule has 0 spiro atoms. The van der Waals surface area contributed by atoms with Gasteiger partial charge < -0.3 is 0 Å². The molecule has 0 heterocycles. The summed E-state index contributed by atoms with van der Waals surface area (Å²) in [5.74, 6) is 0. The molecule has 0 radical (unpaired) electrons. The van der Waals surface area contributed by atoms with Crippen molar-refractivity contribution in [2.24, 2.45) is 0 Å². The first-order chi connectivity index (χ1) is 11.6. The zero-order valence-electron chi connectivity index (χ0n) is 15.2. The number of rotatable bonds is 9. The molecule has 0 atom stereocenters. The van der Waals surface area contributed by atoms with Gasteiger partial charge in [0.15, 0.2) is 0 Å². The molecule has 0 saturated carbocycles. The highest BCUT2D eigenvalue weighted by atomic mass is 35.5. The first-order valence-electron chi connectivity index (χ1n) is 8.66. The number of aryl methyl sites for hydroxylation is 2. The molecule has 0 aliphatic carbocycles. The minimum atomic E-state index is 0.819.